The van der Waals surface area contributed by atoms with Gasteiger partial charge >= 0.3 is 12.1 Å². The van der Waals surface area contributed by atoms with E-state index in [2.05, 4.69) is 10.3 Å². The number of carbonyl (C=O) groups is 2. The van der Waals surface area contributed by atoms with Crippen LogP contribution in [0.5, 0.6) is 11.5 Å². The summed E-state index contributed by atoms with van der Waals surface area (Å²) in [6.07, 6.45) is 3.98. The number of cyclic esters (lactones) is 1. The number of anilines is 2. The fourth-order valence-electron chi connectivity index (χ4n) is 6.57. The van der Waals surface area contributed by atoms with Crippen LogP contribution in [0, 0.1) is 11.6 Å². The minimum absolute atomic E-state index is 0.0483. The van der Waals surface area contributed by atoms with Crippen LogP contribution in [0.2, 0.25) is 0 Å². The fourth-order valence-corrected chi connectivity index (χ4v) is 6.57. The Kier molecular flexibility index (Phi) is 7.45. The van der Waals surface area contributed by atoms with Crippen LogP contribution in [0.4, 0.5) is 25.0 Å². The fraction of sp³-hybridized carbons (Fsp3) is 0.387. The largest absolute Gasteiger partial charge is 0.487 e. The number of hydrogen-bond donors (Lipinski definition) is 2. The van der Waals surface area contributed by atoms with Gasteiger partial charge in [-0.05, 0) is 24.6 Å². The molecule has 2 fully saturated rings. The van der Waals surface area contributed by atoms with Crippen LogP contribution in [0.3, 0.4) is 0 Å². The predicted octanol–water partition coefficient (Wildman–Crippen LogP) is 2.79. The minimum atomic E-state index is -1.52. The Labute approximate surface area is 265 Å². The number of aryl methyl sites for hydroxylation is 1. The number of aromatic carboxylic acids is 1. The molecule has 3 atom stereocenters. The number of ether oxygens (including phenoxy) is 3. The van der Waals surface area contributed by atoms with E-state index in [0.29, 0.717) is 19.5 Å². The molecule has 2 unspecified atom stereocenters. The van der Waals surface area contributed by atoms with Gasteiger partial charge in [-0.1, -0.05) is 12.1 Å². The number of fused-ring (bicyclic) bond motifs is 5. The Balaban J connectivity index is 1.09. The molecular weight excluding hydrogens is 622 g/mol. The first-order valence-electron chi connectivity index (χ1n) is 15.0. The number of amides is 1. The highest BCUT2D eigenvalue weighted by Gasteiger charge is 2.48. The smallest absolute Gasteiger partial charge is 0.414 e. The van der Waals surface area contributed by atoms with E-state index in [-0.39, 0.29) is 66.5 Å². The standard InChI is InChI=1S/C31H30F2N6O8/c1-2-6-36-13-21(29(41)42)27(40)20-9-23(33)26-28(25(20)36)45-14-18-10-31(44,15-39(18)26)16-46-24-4-3-17(8-22(24)32)38-12-19(47-30(38)43)11-37-7-5-34-35-37/h3-5,7-9,13,18-19,44H,2,6,10-12,14-16H2,1H3,(H,41,42)/t18?,19-,31?/m1/s1. The molecule has 14 nitrogen and oxygen atoms in total. The lowest BCUT2D eigenvalue weighted by molar-refractivity contribution is 0.00980. The third-order valence-electron chi connectivity index (χ3n) is 8.63. The van der Waals surface area contributed by atoms with Gasteiger partial charge in [-0.3, -0.25) is 9.69 Å². The molecule has 246 valence electrons. The third kappa shape index (κ3) is 5.37. The van der Waals surface area contributed by atoms with E-state index < -0.39 is 52.4 Å². The molecule has 16 heteroatoms. The normalized spacial score (nSPS) is 21.8. The summed E-state index contributed by atoms with van der Waals surface area (Å²) in [5.74, 6) is -3.02. The second-order valence-corrected chi connectivity index (χ2v) is 12.0. The van der Waals surface area contributed by atoms with E-state index in [1.165, 1.54) is 34.1 Å². The summed E-state index contributed by atoms with van der Waals surface area (Å²) in [6, 6.07) is 4.57. The highest BCUT2D eigenvalue weighted by Crippen LogP contribution is 2.46. The number of carboxylic acid groups (broad SMARTS) is 1. The van der Waals surface area contributed by atoms with Gasteiger partial charge in [-0.25, -0.2) is 23.1 Å². The molecule has 3 aliphatic heterocycles. The van der Waals surface area contributed by atoms with Crippen molar-refractivity contribution in [2.24, 2.45) is 0 Å². The summed E-state index contributed by atoms with van der Waals surface area (Å²) < 4.78 is 51.1. The van der Waals surface area contributed by atoms with Gasteiger partial charge in [-0.2, -0.15) is 0 Å². The molecule has 0 spiro atoms. The number of nitrogens with zero attached hydrogens (tertiary/aromatic N) is 6. The number of pyridine rings is 1. The number of halogens is 2. The van der Waals surface area contributed by atoms with Crippen molar-refractivity contribution in [1.29, 1.82) is 0 Å². The molecule has 5 heterocycles. The molecule has 7 rings (SSSR count). The average molecular weight is 653 g/mol. The highest BCUT2D eigenvalue weighted by molar-refractivity contribution is 5.97. The van der Waals surface area contributed by atoms with E-state index >= 15 is 8.78 Å². The SMILES string of the molecule is CCCn1cc(C(=O)O)c(=O)c2cc(F)c3c(c21)OCC1CC(O)(COc2ccc(N4C[C@@H](Cn5ccnn5)OC4=O)cc2F)CN31. The number of aliphatic hydroxyl groups is 1. The van der Waals surface area contributed by atoms with Gasteiger partial charge < -0.3 is 33.9 Å². The molecule has 2 saturated heterocycles. The maximum atomic E-state index is 15.7. The molecule has 2 aromatic carbocycles. The van der Waals surface area contributed by atoms with Gasteiger partial charge in [0.15, 0.2) is 23.1 Å². The van der Waals surface area contributed by atoms with E-state index in [4.69, 9.17) is 14.2 Å². The lowest BCUT2D eigenvalue weighted by atomic mass is 10.0. The van der Waals surface area contributed by atoms with Crippen molar-refractivity contribution in [3.63, 3.8) is 0 Å². The first kappa shape index (κ1) is 30.4. The summed E-state index contributed by atoms with van der Waals surface area (Å²) in [6.45, 7) is 2.37. The van der Waals surface area contributed by atoms with E-state index in [1.807, 2.05) is 6.92 Å². The van der Waals surface area contributed by atoms with E-state index in [0.717, 1.165) is 12.1 Å². The van der Waals surface area contributed by atoms with Crippen molar-refractivity contribution in [2.75, 3.05) is 36.1 Å². The first-order chi connectivity index (χ1) is 22.5. The lowest BCUT2D eigenvalue weighted by Crippen LogP contribution is -2.41. The molecule has 0 bridgehead atoms. The van der Waals surface area contributed by atoms with Crippen LogP contribution >= 0.6 is 0 Å². The van der Waals surface area contributed by atoms with Crippen LogP contribution in [-0.2, 0) is 17.8 Å². The van der Waals surface area contributed by atoms with Crippen LogP contribution in [-0.4, -0.2) is 85.9 Å². The van der Waals surface area contributed by atoms with Crippen molar-refractivity contribution in [2.45, 2.75) is 50.6 Å². The zero-order valence-electron chi connectivity index (χ0n) is 25.1. The second kappa shape index (κ2) is 11.5. The van der Waals surface area contributed by atoms with Crippen molar-refractivity contribution >= 4 is 34.3 Å². The number of hydrogen-bond acceptors (Lipinski definition) is 10. The summed E-state index contributed by atoms with van der Waals surface area (Å²) in [4.78, 5) is 40.1. The predicted molar refractivity (Wildman–Crippen MR) is 161 cm³/mol. The topological polar surface area (TPSA) is 161 Å². The molecule has 1 amide bonds. The zero-order chi connectivity index (χ0) is 33.0. The van der Waals surface area contributed by atoms with Crippen LogP contribution in [0.1, 0.15) is 30.1 Å². The molecule has 2 N–H and O–H groups in total. The Morgan fingerprint density at radius 2 is 2.04 bits per heavy atom. The van der Waals surface area contributed by atoms with Crippen molar-refractivity contribution in [3.05, 3.63) is 70.3 Å². The molecule has 0 aliphatic carbocycles. The van der Waals surface area contributed by atoms with E-state index in [9.17, 15) is 24.6 Å². The lowest BCUT2D eigenvalue weighted by Gasteiger charge is -2.34. The average Bonchev–Trinajstić information content (AvgIpc) is 3.76. The summed E-state index contributed by atoms with van der Waals surface area (Å²) >= 11 is 0. The van der Waals surface area contributed by atoms with Gasteiger partial charge in [0.05, 0.1) is 48.5 Å². The number of carboxylic acids is 1. The minimum Gasteiger partial charge on any atom is -0.487 e. The maximum Gasteiger partial charge on any atom is 0.414 e. The van der Waals surface area contributed by atoms with Gasteiger partial charge in [0.25, 0.3) is 0 Å². The van der Waals surface area contributed by atoms with Crippen LogP contribution in [0.25, 0.3) is 10.9 Å². The summed E-state index contributed by atoms with van der Waals surface area (Å²) in [5.41, 5.74) is -2.22. The Bertz CT molecular complexity index is 1950. The molecular formula is C31H30F2N6O8. The number of aromatic nitrogens is 4. The third-order valence-corrected chi connectivity index (χ3v) is 8.63. The molecule has 4 aromatic rings. The maximum absolute atomic E-state index is 15.7. The molecule has 0 saturated carbocycles. The highest BCUT2D eigenvalue weighted by atomic mass is 19.1. The molecule has 3 aliphatic rings. The van der Waals surface area contributed by atoms with E-state index in [1.54, 1.807) is 15.7 Å². The monoisotopic (exact) mass is 652 g/mol. The quantitative estimate of drug-likeness (QED) is 0.274. The van der Waals surface area contributed by atoms with Gasteiger partial charge in [0.2, 0.25) is 5.43 Å². The molecule has 0 radical (unpaired) electrons. The summed E-state index contributed by atoms with van der Waals surface area (Å²) in [5, 5.41) is 28.5. The van der Waals surface area contributed by atoms with Gasteiger partial charge in [-0.15, -0.1) is 5.10 Å². The zero-order valence-corrected chi connectivity index (χ0v) is 25.1. The second-order valence-electron chi connectivity index (χ2n) is 12.0. The van der Waals surface area contributed by atoms with Crippen molar-refractivity contribution < 1.29 is 42.8 Å². The van der Waals surface area contributed by atoms with Gasteiger partial charge in [0.1, 0.15) is 36.2 Å². The number of carbonyl (C=O) groups excluding carboxylic acids is 1. The van der Waals surface area contributed by atoms with Crippen LogP contribution in [0.15, 0.2) is 47.7 Å². The van der Waals surface area contributed by atoms with Crippen molar-refractivity contribution in [3.8, 4) is 11.5 Å². The van der Waals surface area contributed by atoms with Gasteiger partial charge in [0, 0.05) is 31.4 Å². The molecule has 47 heavy (non-hydrogen) atoms. The number of benzene rings is 2. The number of rotatable bonds is 9. The Morgan fingerprint density at radius 3 is 2.77 bits per heavy atom. The Hall–Kier alpha value is -5.25. The molecule has 2 aromatic heterocycles. The summed E-state index contributed by atoms with van der Waals surface area (Å²) in [7, 11) is 0. The Morgan fingerprint density at radius 1 is 1.21 bits per heavy atom. The van der Waals surface area contributed by atoms with Crippen molar-refractivity contribution in [1.82, 2.24) is 19.6 Å². The van der Waals surface area contributed by atoms with Crippen LogP contribution < -0.4 is 24.7 Å². The first-order valence-corrected chi connectivity index (χ1v) is 15.0.